The fourth-order valence-corrected chi connectivity index (χ4v) is 1.82. The predicted octanol–water partition coefficient (Wildman–Crippen LogP) is 3.85. The quantitative estimate of drug-likeness (QED) is 0.757. The number of halogens is 1. The summed E-state index contributed by atoms with van der Waals surface area (Å²) in [6.07, 6.45) is 0.673. The molecular formula is C17H16FNO2. The molecule has 3 nitrogen and oxygen atoms in total. The van der Waals surface area contributed by atoms with Crippen LogP contribution < -0.4 is 9.47 Å². The van der Waals surface area contributed by atoms with Crippen LogP contribution in [0.2, 0.25) is 0 Å². The second kappa shape index (κ2) is 7.30. The van der Waals surface area contributed by atoms with Gasteiger partial charge in [-0.15, -0.1) is 0 Å². The Labute approximate surface area is 123 Å². The van der Waals surface area contributed by atoms with Gasteiger partial charge in [0.1, 0.15) is 17.3 Å². The first kappa shape index (κ1) is 14.9. The van der Waals surface area contributed by atoms with Crippen molar-refractivity contribution < 1.29 is 13.9 Å². The summed E-state index contributed by atoms with van der Waals surface area (Å²) in [5.41, 5.74) is 1.47. The maximum atomic E-state index is 13.1. The minimum absolute atomic E-state index is 0.305. The average molecular weight is 285 g/mol. The van der Waals surface area contributed by atoms with Crippen molar-refractivity contribution in [2.24, 2.45) is 0 Å². The van der Waals surface area contributed by atoms with Crippen LogP contribution >= 0.6 is 0 Å². The van der Waals surface area contributed by atoms with Gasteiger partial charge in [0, 0.05) is 12.5 Å². The molecule has 0 atom stereocenters. The van der Waals surface area contributed by atoms with Crippen LogP contribution in [0.25, 0.3) is 0 Å². The third-order valence-electron chi connectivity index (χ3n) is 2.93. The molecule has 108 valence electrons. The Morgan fingerprint density at radius 2 is 1.90 bits per heavy atom. The predicted molar refractivity (Wildman–Crippen MR) is 77.9 cm³/mol. The molecule has 21 heavy (non-hydrogen) atoms. The van der Waals surface area contributed by atoms with Crippen molar-refractivity contribution in [1.82, 2.24) is 0 Å². The Bertz CT molecular complexity index is 649. The maximum absolute atomic E-state index is 13.1. The van der Waals surface area contributed by atoms with Crippen molar-refractivity contribution in [1.29, 1.82) is 5.26 Å². The normalized spacial score (nSPS) is 9.95. The Morgan fingerprint density at radius 1 is 1.10 bits per heavy atom. The van der Waals surface area contributed by atoms with Crippen LogP contribution in [0.4, 0.5) is 4.39 Å². The Balaban J connectivity index is 1.75. The number of benzene rings is 2. The molecule has 0 spiro atoms. The first-order chi connectivity index (χ1) is 10.2. The number of aryl methyl sites for hydroxylation is 1. The Hall–Kier alpha value is -2.54. The van der Waals surface area contributed by atoms with E-state index < -0.39 is 0 Å². The van der Waals surface area contributed by atoms with Crippen LogP contribution in [0.15, 0.2) is 42.5 Å². The van der Waals surface area contributed by atoms with Gasteiger partial charge in [0.25, 0.3) is 0 Å². The lowest BCUT2D eigenvalue weighted by Gasteiger charge is -2.10. The largest absolute Gasteiger partial charge is 0.493 e. The molecule has 2 aromatic rings. The van der Waals surface area contributed by atoms with Crippen molar-refractivity contribution in [3.8, 4) is 17.6 Å². The summed E-state index contributed by atoms with van der Waals surface area (Å²) in [4.78, 5) is 0. The molecule has 4 heteroatoms. The molecule has 2 aromatic carbocycles. The van der Waals surface area contributed by atoms with Crippen molar-refractivity contribution >= 4 is 0 Å². The van der Waals surface area contributed by atoms with Gasteiger partial charge in [0.2, 0.25) is 0 Å². The van der Waals surface area contributed by atoms with Gasteiger partial charge < -0.3 is 9.47 Å². The highest BCUT2D eigenvalue weighted by Crippen LogP contribution is 2.19. The SMILES string of the molecule is Cc1ccc(F)cc1OCCCOc1cccc(C#N)c1. The van der Waals surface area contributed by atoms with E-state index in [1.165, 1.54) is 12.1 Å². The van der Waals surface area contributed by atoms with Gasteiger partial charge in [0.15, 0.2) is 0 Å². The highest BCUT2D eigenvalue weighted by Gasteiger charge is 2.02. The third-order valence-corrected chi connectivity index (χ3v) is 2.93. The number of nitriles is 1. The Morgan fingerprint density at radius 3 is 2.71 bits per heavy atom. The van der Waals surface area contributed by atoms with Crippen LogP contribution in [-0.2, 0) is 0 Å². The Kier molecular flexibility index (Phi) is 5.16. The summed E-state index contributed by atoms with van der Waals surface area (Å²) in [5.74, 6) is 0.914. The monoisotopic (exact) mass is 285 g/mol. The van der Waals surface area contributed by atoms with Crippen LogP contribution in [0.5, 0.6) is 11.5 Å². The van der Waals surface area contributed by atoms with Gasteiger partial charge in [-0.2, -0.15) is 5.26 Å². The zero-order chi connectivity index (χ0) is 15.1. The summed E-state index contributed by atoms with van der Waals surface area (Å²) in [6, 6.07) is 13.5. The molecule has 0 fully saturated rings. The van der Waals surface area contributed by atoms with Crippen LogP contribution in [-0.4, -0.2) is 13.2 Å². The standard InChI is InChI=1S/C17H16FNO2/c1-13-6-7-15(18)11-17(13)21-9-3-8-20-16-5-2-4-14(10-16)12-19/h2,4-7,10-11H,3,8-9H2,1H3. The van der Waals surface area contributed by atoms with E-state index in [4.69, 9.17) is 14.7 Å². The molecule has 0 saturated heterocycles. The molecule has 0 heterocycles. The number of hydrogen-bond donors (Lipinski definition) is 0. The van der Waals surface area contributed by atoms with Crippen molar-refractivity contribution in [2.45, 2.75) is 13.3 Å². The average Bonchev–Trinajstić information content (AvgIpc) is 2.50. The van der Waals surface area contributed by atoms with Gasteiger partial charge >= 0.3 is 0 Å². The lowest BCUT2D eigenvalue weighted by Crippen LogP contribution is -2.05. The molecule has 0 aromatic heterocycles. The molecule has 0 bridgehead atoms. The van der Waals surface area contributed by atoms with Gasteiger partial charge in [-0.3, -0.25) is 0 Å². The van der Waals surface area contributed by atoms with E-state index in [2.05, 4.69) is 6.07 Å². The van der Waals surface area contributed by atoms with E-state index in [0.29, 0.717) is 36.7 Å². The summed E-state index contributed by atoms with van der Waals surface area (Å²) >= 11 is 0. The first-order valence-corrected chi connectivity index (χ1v) is 6.71. The zero-order valence-corrected chi connectivity index (χ0v) is 11.8. The number of rotatable bonds is 6. The second-order valence-corrected chi connectivity index (χ2v) is 4.60. The summed E-state index contributed by atoms with van der Waals surface area (Å²) < 4.78 is 24.1. The highest BCUT2D eigenvalue weighted by molar-refractivity contribution is 5.36. The van der Waals surface area contributed by atoms with Gasteiger partial charge in [-0.1, -0.05) is 12.1 Å². The summed E-state index contributed by atoms with van der Waals surface area (Å²) in [7, 11) is 0. The lowest BCUT2D eigenvalue weighted by atomic mass is 10.2. The molecule has 0 radical (unpaired) electrons. The van der Waals surface area contributed by atoms with Gasteiger partial charge in [0.05, 0.1) is 24.8 Å². The summed E-state index contributed by atoms with van der Waals surface area (Å²) in [6.45, 7) is 2.80. The third kappa shape index (κ3) is 4.50. The molecule has 0 saturated carbocycles. The topological polar surface area (TPSA) is 42.2 Å². The van der Waals surface area contributed by atoms with Gasteiger partial charge in [-0.25, -0.2) is 4.39 Å². The molecule has 0 N–H and O–H groups in total. The smallest absolute Gasteiger partial charge is 0.126 e. The van der Waals surface area contributed by atoms with Crippen molar-refractivity contribution in [3.05, 3.63) is 59.4 Å². The molecule has 0 aliphatic heterocycles. The van der Waals surface area contributed by atoms with Crippen LogP contribution in [0, 0.1) is 24.1 Å². The molecule has 0 amide bonds. The minimum atomic E-state index is -0.305. The lowest BCUT2D eigenvalue weighted by molar-refractivity contribution is 0.246. The zero-order valence-electron chi connectivity index (χ0n) is 11.8. The minimum Gasteiger partial charge on any atom is -0.493 e. The van der Waals surface area contributed by atoms with Crippen LogP contribution in [0.3, 0.4) is 0 Å². The highest BCUT2D eigenvalue weighted by atomic mass is 19.1. The number of ether oxygens (including phenoxy) is 2. The maximum Gasteiger partial charge on any atom is 0.126 e. The molecule has 0 unspecified atom stereocenters. The van der Waals surface area contributed by atoms with E-state index >= 15 is 0 Å². The molecular weight excluding hydrogens is 269 g/mol. The number of hydrogen-bond acceptors (Lipinski definition) is 3. The summed E-state index contributed by atoms with van der Waals surface area (Å²) in [5, 5.41) is 8.79. The van der Waals surface area contributed by atoms with E-state index in [9.17, 15) is 4.39 Å². The van der Waals surface area contributed by atoms with Gasteiger partial charge in [-0.05, 0) is 36.8 Å². The molecule has 0 aliphatic carbocycles. The van der Waals surface area contributed by atoms with E-state index in [-0.39, 0.29) is 5.82 Å². The second-order valence-electron chi connectivity index (χ2n) is 4.60. The first-order valence-electron chi connectivity index (χ1n) is 6.71. The van der Waals surface area contributed by atoms with E-state index in [1.54, 1.807) is 30.3 Å². The van der Waals surface area contributed by atoms with Crippen LogP contribution in [0.1, 0.15) is 17.5 Å². The van der Waals surface area contributed by atoms with Crippen molar-refractivity contribution in [2.75, 3.05) is 13.2 Å². The number of nitrogens with zero attached hydrogens (tertiary/aromatic N) is 1. The fourth-order valence-electron chi connectivity index (χ4n) is 1.82. The van der Waals surface area contributed by atoms with Crippen molar-refractivity contribution in [3.63, 3.8) is 0 Å². The molecule has 0 aliphatic rings. The molecule has 2 rings (SSSR count). The van der Waals surface area contributed by atoms with E-state index in [1.807, 2.05) is 6.92 Å². The van der Waals surface area contributed by atoms with E-state index in [0.717, 1.165) is 5.56 Å². The fraction of sp³-hybridized carbons (Fsp3) is 0.235.